The van der Waals surface area contributed by atoms with Crippen LogP contribution in [-0.2, 0) is 6.61 Å². The van der Waals surface area contributed by atoms with Gasteiger partial charge in [-0.3, -0.25) is 0 Å². The Morgan fingerprint density at radius 2 is 1.00 bits per heavy atom. The van der Waals surface area contributed by atoms with E-state index in [0.717, 1.165) is 16.9 Å². The first-order chi connectivity index (χ1) is 17.3. The molecule has 174 valence electrons. The molecule has 0 saturated heterocycles. The molecule has 0 N–H and O–H groups in total. The van der Waals surface area contributed by atoms with Gasteiger partial charge in [0.2, 0.25) is 0 Å². The van der Waals surface area contributed by atoms with E-state index in [9.17, 15) is 0 Å². The summed E-state index contributed by atoms with van der Waals surface area (Å²) in [5.41, 5.74) is 2.21. The van der Waals surface area contributed by atoms with Gasteiger partial charge in [-0.1, -0.05) is 0 Å². The van der Waals surface area contributed by atoms with Crippen LogP contribution >= 0.6 is 18.9 Å². The van der Waals surface area contributed by atoms with Crippen molar-refractivity contribution in [2.75, 3.05) is 0 Å². The molecule has 5 aromatic carbocycles. The van der Waals surface area contributed by atoms with Crippen molar-refractivity contribution in [2.24, 2.45) is 0 Å². The summed E-state index contributed by atoms with van der Waals surface area (Å²) < 4.78 is 6.17. The van der Waals surface area contributed by atoms with Crippen LogP contribution in [0.1, 0.15) is 16.2 Å². The Morgan fingerprint density at radius 3 is 1.49 bits per heavy atom. The Balaban J connectivity index is 1.62. The third-order valence-corrected chi connectivity index (χ3v) is 12.5. The molecule has 1 unspecified atom stereocenters. The topological polar surface area (TPSA) is 9.23 Å². The monoisotopic (exact) mass is 494 g/mol. The first-order valence-electron chi connectivity index (χ1n) is 11.9. The fourth-order valence-electron chi connectivity index (χ4n) is 4.79. The van der Waals surface area contributed by atoms with E-state index in [-0.39, 0.29) is 5.12 Å². The molecular weight excluding hydrogens is 467 g/mol. The molecule has 1 atom stereocenters. The summed E-state index contributed by atoms with van der Waals surface area (Å²) in [5, 5.41) is 3.61. The molecular formula is C32H28ClOP. The van der Waals surface area contributed by atoms with Gasteiger partial charge in [-0.05, 0) is 0 Å². The number of hydrogen-bond acceptors (Lipinski definition) is 1. The zero-order valence-electron chi connectivity index (χ0n) is 19.4. The summed E-state index contributed by atoms with van der Waals surface area (Å²) in [6.45, 7) is 0.524. The van der Waals surface area contributed by atoms with E-state index in [2.05, 4.69) is 115 Å². The van der Waals surface area contributed by atoms with Gasteiger partial charge >= 0.3 is 214 Å². The average Bonchev–Trinajstić information content (AvgIpc) is 2.95. The molecule has 0 fully saturated rings. The SMILES string of the molecule is ClC(c1cccc(OCc2ccccc2)c1)[PH](c1ccccc1)(c1ccccc1)c1ccccc1. The molecule has 5 aromatic rings. The third-order valence-electron chi connectivity index (χ3n) is 6.47. The van der Waals surface area contributed by atoms with Gasteiger partial charge in [-0.2, -0.15) is 0 Å². The molecule has 3 heteroatoms. The van der Waals surface area contributed by atoms with Gasteiger partial charge < -0.3 is 0 Å². The van der Waals surface area contributed by atoms with E-state index in [4.69, 9.17) is 16.3 Å². The van der Waals surface area contributed by atoms with E-state index in [1.54, 1.807) is 0 Å². The van der Waals surface area contributed by atoms with Crippen molar-refractivity contribution in [3.05, 3.63) is 157 Å². The Bertz CT molecular complexity index is 1250. The Morgan fingerprint density at radius 1 is 0.543 bits per heavy atom. The van der Waals surface area contributed by atoms with E-state index in [0.29, 0.717) is 6.61 Å². The quantitative estimate of drug-likeness (QED) is 0.163. The first kappa shape index (κ1) is 23.4. The Kier molecular flexibility index (Phi) is 7.28. The molecule has 0 saturated carbocycles. The number of rotatable bonds is 8. The summed E-state index contributed by atoms with van der Waals surface area (Å²) in [7, 11) is -2.67. The predicted octanol–water partition coefficient (Wildman–Crippen LogP) is 7.23. The van der Waals surface area contributed by atoms with Gasteiger partial charge in [-0.15, -0.1) is 0 Å². The molecule has 0 aliphatic rings. The fraction of sp³-hybridized carbons (Fsp3) is 0.0625. The van der Waals surface area contributed by atoms with Gasteiger partial charge in [0.25, 0.3) is 0 Å². The number of benzene rings is 5. The Hall–Kier alpha value is -3.38. The minimum atomic E-state index is -2.67. The Labute approximate surface area is 213 Å². The second kappa shape index (κ2) is 10.9. The number of ether oxygens (including phenoxy) is 1. The molecule has 1 nitrogen and oxygen atoms in total. The van der Waals surface area contributed by atoms with Crippen molar-refractivity contribution in [1.29, 1.82) is 0 Å². The van der Waals surface area contributed by atoms with Crippen LogP contribution < -0.4 is 20.7 Å². The molecule has 0 aliphatic heterocycles. The summed E-state index contributed by atoms with van der Waals surface area (Å²) >= 11 is 7.63. The molecule has 0 spiro atoms. The van der Waals surface area contributed by atoms with Crippen LogP contribution in [-0.4, -0.2) is 0 Å². The van der Waals surface area contributed by atoms with Crippen LogP contribution in [0.25, 0.3) is 0 Å². The van der Waals surface area contributed by atoms with Gasteiger partial charge in [0, 0.05) is 0 Å². The standard InChI is InChI=1S/C32H28ClOP/c33-32(27-16-13-17-28(24-27)34-25-26-14-5-1-6-15-26)35(29-18-7-2-8-19-29,30-20-9-3-10-21-30)31-22-11-4-12-23-31/h1-24,32,35H,25H2. The predicted molar refractivity (Wildman–Crippen MR) is 152 cm³/mol. The average molecular weight is 495 g/mol. The van der Waals surface area contributed by atoms with Crippen molar-refractivity contribution < 1.29 is 4.74 Å². The number of alkyl halides is 1. The van der Waals surface area contributed by atoms with Crippen molar-refractivity contribution in [2.45, 2.75) is 11.7 Å². The van der Waals surface area contributed by atoms with Crippen LogP contribution in [0.4, 0.5) is 0 Å². The van der Waals surface area contributed by atoms with E-state index < -0.39 is 7.26 Å². The zero-order valence-corrected chi connectivity index (χ0v) is 21.2. The molecule has 0 heterocycles. The van der Waals surface area contributed by atoms with Crippen molar-refractivity contribution in [3.63, 3.8) is 0 Å². The number of hydrogen-bond donors (Lipinski definition) is 0. The maximum absolute atomic E-state index is 7.63. The first-order valence-corrected chi connectivity index (χ1v) is 14.4. The van der Waals surface area contributed by atoms with Gasteiger partial charge in [-0.25, -0.2) is 0 Å². The summed E-state index contributed by atoms with van der Waals surface area (Å²) in [4.78, 5) is 0. The zero-order chi connectivity index (χ0) is 23.9. The minimum absolute atomic E-state index is 0.241. The van der Waals surface area contributed by atoms with Crippen LogP contribution in [0.5, 0.6) is 5.75 Å². The van der Waals surface area contributed by atoms with Gasteiger partial charge in [0.05, 0.1) is 0 Å². The molecule has 5 rings (SSSR count). The second-order valence-electron chi connectivity index (χ2n) is 8.62. The van der Waals surface area contributed by atoms with E-state index >= 15 is 0 Å². The molecule has 0 aliphatic carbocycles. The molecule has 0 aromatic heterocycles. The molecule has 0 amide bonds. The molecule has 0 radical (unpaired) electrons. The van der Waals surface area contributed by atoms with Crippen LogP contribution in [0.2, 0.25) is 0 Å². The van der Waals surface area contributed by atoms with Crippen molar-refractivity contribution in [1.82, 2.24) is 0 Å². The van der Waals surface area contributed by atoms with Gasteiger partial charge in [0.1, 0.15) is 0 Å². The third kappa shape index (κ3) is 4.89. The maximum atomic E-state index is 7.63. The van der Waals surface area contributed by atoms with Crippen LogP contribution in [0, 0.1) is 0 Å². The van der Waals surface area contributed by atoms with Crippen molar-refractivity contribution >= 4 is 34.8 Å². The van der Waals surface area contributed by atoms with Crippen LogP contribution in [0.15, 0.2) is 146 Å². The van der Waals surface area contributed by atoms with Crippen LogP contribution in [0.3, 0.4) is 0 Å². The fourth-order valence-corrected chi connectivity index (χ4v) is 10.8. The summed E-state index contributed by atoms with van der Waals surface area (Å²) in [6, 6.07) is 50.8. The van der Waals surface area contributed by atoms with Gasteiger partial charge in [0.15, 0.2) is 0 Å². The van der Waals surface area contributed by atoms with E-state index in [1.165, 1.54) is 15.9 Å². The summed E-state index contributed by atoms with van der Waals surface area (Å²) in [6.07, 6.45) is 0. The number of halogens is 1. The normalized spacial score (nSPS) is 12.6. The van der Waals surface area contributed by atoms with E-state index in [1.807, 2.05) is 30.3 Å². The summed E-state index contributed by atoms with van der Waals surface area (Å²) in [5.74, 6) is 0.828. The molecule has 0 bridgehead atoms. The van der Waals surface area contributed by atoms with Crippen molar-refractivity contribution in [3.8, 4) is 5.75 Å². The second-order valence-corrected chi connectivity index (χ2v) is 13.3. The molecule has 35 heavy (non-hydrogen) atoms.